The number of nitrogens with one attached hydrogen (secondary N) is 1. The molecule has 0 atom stereocenters. The minimum atomic E-state index is -1.34. The van der Waals surface area contributed by atoms with Gasteiger partial charge in [0.05, 0.1) is 17.9 Å². The third-order valence-corrected chi connectivity index (χ3v) is 3.07. The highest BCUT2D eigenvalue weighted by Gasteiger charge is 2.11. The Kier molecular flexibility index (Phi) is 6.31. The zero-order valence-corrected chi connectivity index (χ0v) is 11.1. The fourth-order valence-corrected chi connectivity index (χ4v) is 1.96. The summed E-state index contributed by atoms with van der Waals surface area (Å²) >= 11 is 1.39. The third kappa shape index (κ3) is 5.27. The van der Waals surface area contributed by atoms with E-state index in [1.165, 1.54) is 17.8 Å². The summed E-state index contributed by atoms with van der Waals surface area (Å²) in [6, 6.07) is 3.46. The summed E-state index contributed by atoms with van der Waals surface area (Å²) in [6.45, 7) is 0.555. The first-order valence-electron chi connectivity index (χ1n) is 5.44. The van der Waals surface area contributed by atoms with Crippen molar-refractivity contribution in [2.24, 2.45) is 0 Å². The van der Waals surface area contributed by atoms with Crippen molar-refractivity contribution in [1.82, 2.24) is 0 Å². The number of benzene rings is 1. The van der Waals surface area contributed by atoms with Crippen LogP contribution >= 0.6 is 11.8 Å². The minimum Gasteiger partial charge on any atom is -0.478 e. The maximum Gasteiger partial charge on any atom is 0.338 e. The van der Waals surface area contributed by atoms with Gasteiger partial charge in [0.2, 0.25) is 5.91 Å². The van der Waals surface area contributed by atoms with Gasteiger partial charge in [-0.2, -0.15) is 0 Å². The molecule has 0 spiro atoms. The number of amides is 1. The SMILES string of the molecule is COCCSCC(=O)Nc1ccc(C(=O)O)c(F)c1. The molecule has 1 aromatic carbocycles. The maximum absolute atomic E-state index is 13.3. The van der Waals surface area contributed by atoms with Gasteiger partial charge in [0.1, 0.15) is 5.82 Å². The summed E-state index contributed by atoms with van der Waals surface area (Å²) in [5.41, 5.74) is -0.188. The number of carbonyl (C=O) groups excluding carboxylic acids is 1. The topological polar surface area (TPSA) is 75.6 Å². The Balaban J connectivity index is 2.51. The van der Waals surface area contributed by atoms with Crippen molar-refractivity contribution in [1.29, 1.82) is 0 Å². The van der Waals surface area contributed by atoms with Gasteiger partial charge in [0.15, 0.2) is 0 Å². The number of methoxy groups -OCH3 is 1. The second-order valence-corrected chi connectivity index (χ2v) is 4.70. The summed E-state index contributed by atoms with van der Waals surface area (Å²) < 4.78 is 18.2. The van der Waals surface area contributed by atoms with E-state index in [1.54, 1.807) is 7.11 Å². The molecule has 19 heavy (non-hydrogen) atoms. The first-order valence-corrected chi connectivity index (χ1v) is 6.59. The molecule has 104 valence electrons. The normalized spacial score (nSPS) is 10.2. The number of hydrogen-bond donors (Lipinski definition) is 2. The van der Waals surface area contributed by atoms with E-state index in [4.69, 9.17) is 9.84 Å². The predicted molar refractivity (Wildman–Crippen MR) is 71.2 cm³/mol. The van der Waals surface area contributed by atoms with Crippen molar-refractivity contribution in [2.75, 3.05) is 30.5 Å². The van der Waals surface area contributed by atoms with Crippen LogP contribution in [0.2, 0.25) is 0 Å². The molecule has 0 aliphatic carbocycles. The quantitative estimate of drug-likeness (QED) is 0.748. The van der Waals surface area contributed by atoms with Crippen molar-refractivity contribution < 1.29 is 23.8 Å². The molecule has 0 saturated carbocycles. The van der Waals surface area contributed by atoms with E-state index in [-0.39, 0.29) is 17.3 Å². The lowest BCUT2D eigenvalue weighted by atomic mass is 10.2. The van der Waals surface area contributed by atoms with E-state index in [9.17, 15) is 14.0 Å². The summed E-state index contributed by atoms with van der Waals surface area (Å²) in [7, 11) is 1.58. The number of carboxylic acid groups (broad SMARTS) is 1. The first kappa shape index (κ1) is 15.5. The minimum absolute atomic E-state index is 0.228. The van der Waals surface area contributed by atoms with Gasteiger partial charge in [0, 0.05) is 18.6 Å². The number of anilines is 1. The van der Waals surface area contributed by atoms with Gasteiger partial charge < -0.3 is 15.2 Å². The average molecular weight is 287 g/mol. The molecule has 1 amide bonds. The van der Waals surface area contributed by atoms with Crippen LogP contribution in [0.4, 0.5) is 10.1 Å². The van der Waals surface area contributed by atoms with Gasteiger partial charge in [-0.15, -0.1) is 11.8 Å². The number of thioether (sulfide) groups is 1. The Labute approximate surface area is 114 Å². The van der Waals surface area contributed by atoms with Gasteiger partial charge >= 0.3 is 5.97 Å². The highest BCUT2D eigenvalue weighted by atomic mass is 32.2. The van der Waals surface area contributed by atoms with Crippen molar-refractivity contribution in [3.8, 4) is 0 Å². The summed E-state index contributed by atoms with van der Waals surface area (Å²) in [5, 5.41) is 11.2. The molecule has 0 heterocycles. The average Bonchev–Trinajstić information content (AvgIpc) is 2.34. The molecular weight excluding hydrogens is 273 g/mol. The highest BCUT2D eigenvalue weighted by molar-refractivity contribution is 7.99. The Hall–Kier alpha value is -1.60. The standard InChI is InChI=1S/C12H14FNO4S/c1-18-4-5-19-7-11(15)14-8-2-3-9(12(16)17)10(13)6-8/h2-3,6H,4-5,7H2,1H3,(H,14,15)(H,16,17). The molecule has 1 rings (SSSR count). The molecule has 0 bridgehead atoms. The molecule has 0 unspecified atom stereocenters. The van der Waals surface area contributed by atoms with Gasteiger partial charge in [-0.1, -0.05) is 0 Å². The van der Waals surface area contributed by atoms with Crippen LogP contribution in [0.5, 0.6) is 0 Å². The second-order valence-electron chi connectivity index (χ2n) is 3.59. The van der Waals surface area contributed by atoms with Crippen LogP contribution in [0, 0.1) is 5.82 Å². The molecule has 5 nitrogen and oxygen atoms in total. The van der Waals surface area contributed by atoms with Gasteiger partial charge in [-0.25, -0.2) is 9.18 Å². The largest absolute Gasteiger partial charge is 0.478 e. The summed E-state index contributed by atoms with van der Waals surface area (Å²) in [6.07, 6.45) is 0. The Morgan fingerprint density at radius 3 is 2.79 bits per heavy atom. The zero-order valence-electron chi connectivity index (χ0n) is 10.3. The second kappa shape index (κ2) is 7.75. The molecule has 0 aromatic heterocycles. The number of carboxylic acids is 1. The Bertz CT molecular complexity index is 467. The predicted octanol–water partition coefficient (Wildman–Crippen LogP) is 1.84. The van der Waals surface area contributed by atoms with Gasteiger partial charge in [-0.05, 0) is 18.2 Å². The van der Waals surface area contributed by atoms with Crippen LogP contribution in [-0.2, 0) is 9.53 Å². The van der Waals surface area contributed by atoms with Crippen LogP contribution in [0.1, 0.15) is 10.4 Å². The molecule has 7 heteroatoms. The Morgan fingerprint density at radius 1 is 1.47 bits per heavy atom. The van der Waals surface area contributed by atoms with Crippen molar-refractivity contribution in [2.45, 2.75) is 0 Å². The smallest absolute Gasteiger partial charge is 0.338 e. The van der Waals surface area contributed by atoms with E-state index in [1.807, 2.05) is 0 Å². The van der Waals surface area contributed by atoms with E-state index in [0.29, 0.717) is 12.4 Å². The third-order valence-electron chi connectivity index (χ3n) is 2.15. The fraction of sp³-hybridized carbons (Fsp3) is 0.333. The van der Waals surface area contributed by atoms with Crippen LogP contribution in [0.3, 0.4) is 0 Å². The van der Waals surface area contributed by atoms with E-state index >= 15 is 0 Å². The fourth-order valence-electron chi connectivity index (χ4n) is 1.27. The lowest BCUT2D eigenvalue weighted by molar-refractivity contribution is -0.113. The van der Waals surface area contributed by atoms with E-state index in [2.05, 4.69) is 5.32 Å². The lowest BCUT2D eigenvalue weighted by Crippen LogP contribution is -2.15. The van der Waals surface area contributed by atoms with E-state index in [0.717, 1.165) is 12.1 Å². The molecular formula is C12H14FNO4S. The number of ether oxygens (including phenoxy) is 1. The summed E-state index contributed by atoms with van der Waals surface area (Å²) in [4.78, 5) is 22.1. The number of rotatable bonds is 7. The van der Waals surface area contributed by atoms with Gasteiger partial charge in [0.25, 0.3) is 0 Å². The summed E-state index contributed by atoms with van der Waals surface area (Å²) in [5.74, 6) is -1.58. The molecule has 2 N–H and O–H groups in total. The van der Waals surface area contributed by atoms with Crippen molar-refractivity contribution >= 4 is 29.3 Å². The van der Waals surface area contributed by atoms with Crippen LogP contribution in [-0.4, -0.2) is 42.2 Å². The Morgan fingerprint density at radius 2 is 2.21 bits per heavy atom. The van der Waals surface area contributed by atoms with E-state index < -0.39 is 17.3 Å². The zero-order chi connectivity index (χ0) is 14.3. The molecule has 0 aliphatic rings. The number of carbonyl (C=O) groups is 2. The number of aromatic carboxylic acids is 1. The van der Waals surface area contributed by atoms with Crippen molar-refractivity contribution in [3.05, 3.63) is 29.6 Å². The van der Waals surface area contributed by atoms with Crippen molar-refractivity contribution in [3.63, 3.8) is 0 Å². The molecule has 0 aliphatic heterocycles. The van der Waals surface area contributed by atoms with Crippen LogP contribution < -0.4 is 5.32 Å². The van der Waals surface area contributed by atoms with Gasteiger partial charge in [-0.3, -0.25) is 4.79 Å². The lowest BCUT2D eigenvalue weighted by Gasteiger charge is -2.06. The number of hydrogen-bond acceptors (Lipinski definition) is 4. The molecule has 0 fully saturated rings. The molecule has 0 saturated heterocycles. The number of halogens is 1. The maximum atomic E-state index is 13.3. The highest BCUT2D eigenvalue weighted by Crippen LogP contribution is 2.15. The van der Waals surface area contributed by atoms with Crippen LogP contribution in [0.25, 0.3) is 0 Å². The van der Waals surface area contributed by atoms with Crippen LogP contribution in [0.15, 0.2) is 18.2 Å². The molecule has 0 radical (unpaired) electrons. The first-order chi connectivity index (χ1) is 9.04. The molecule has 1 aromatic rings. The monoisotopic (exact) mass is 287 g/mol.